The monoisotopic (exact) mass is 301 g/mol. The maximum atomic E-state index is 11.7. The van der Waals surface area contributed by atoms with Crippen LogP contribution in [0.4, 0.5) is 10.5 Å². The molecule has 0 saturated carbocycles. The Hall–Kier alpha value is -2.74. The predicted molar refractivity (Wildman–Crippen MR) is 84.3 cm³/mol. The number of esters is 1. The van der Waals surface area contributed by atoms with Crippen LogP contribution in [0.2, 0.25) is 0 Å². The van der Waals surface area contributed by atoms with Crippen molar-refractivity contribution in [3.05, 3.63) is 42.0 Å². The SMILES string of the molecule is COC(=O)/C=C/C#Cc1cccc(NC(=O)OC(C)(C)C)c1. The molecule has 0 bridgehead atoms. The van der Waals surface area contributed by atoms with E-state index in [9.17, 15) is 9.59 Å². The van der Waals surface area contributed by atoms with Gasteiger partial charge >= 0.3 is 12.1 Å². The quantitative estimate of drug-likeness (QED) is 0.518. The van der Waals surface area contributed by atoms with Crippen LogP contribution in [0.5, 0.6) is 0 Å². The van der Waals surface area contributed by atoms with Crippen molar-refractivity contribution < 1.29 is 19.1 Å². The molecule has 0 radical (unpaired) electrons. The summed E-state index contributed by atoms with van der Waals surface area (Å²) in [6.45, 7) is 5.38. The Morgan fingerprint density at radius 2 is 2.00 bits per heavy atom. The second-order valence-electron chi connectivity index (χ2n) is 5.33. The highest BCUT2D eigenvalue weighted by atomic mass is 16.6. The topological polar surface area (TPSA) is 64.6 Å². The van der Waals surface area contributed by atoms with Crippen molar-refractivity contribution in [1.82, 2.24) is 0 Å². The Morgan fingerprint density at radius 3 is 2.64 bits per heavy atom. The summed E-state index contributed by atoms with van der Waals surface area (Å²) >= 11 is 0. The summed E-state index contributed by atoms with van der Waals surface area (Å²) < 4.78 is 9.62. The van der Waals surface area contributed by atoms with Gasteiger partial charge in [-0.3, -0.25) is 5.32 Å². The van der Waals surface area contributed by atoms with E-state index in [-0.39, 0.29) is 0 Å². The van der Waals surface area contributed by atoms with Gasteiger partial charge in [-0.2, -0.15) is 0 Å². The van der Waals surface area contributed by atoms with E-state index in [0.29, 0.717) is 11.3 Å². The lowest BCUT2D eigenvalue weighted by Crippen LogP contribution is -2.27. The molecule has 0 aliphatic carbocycles. The molecule has 1 rings (SSSR count). The smallest absolute Gasteiger partial charge is 0.412 e. The second-order valence-corrected chi connectivity index (χ2v) is 5.33. The first-order chi connectivity index (χ1) is 10.3. The minimum absolute atomic E-state index is 0.463. The molecule has 22 heavy (non-hydrogen) atoms. The van der Waals surface area contributed by atoms with E-state index >= 15 is 0 Å². The van der Waals surface area contributed by atoms with Crippen LogP contribution in [0.1, 0.15) is 26.3 Å². The van der Waals surface area contributed by atoms with Gasteiger partial charge in [0.1, 0.15) is 5.60 Å². The van der Waals surface area contributed by atoms with Gasteiger partial charge in [0.2, 0.25) is 0 Å². The summed E-state index contributed by atoms with van der Waals surface area (Å²) in [6, 6.07) is 7.00. The van der Waals surface area contributed by atoms with Gasteiger partial charge in [-0.05, 0) is 45.0 Å². The molecule has 1 aromatic carbocycles. The second kappa shape index (κ2) is 7.89. The molecule has 5 nitrogen and oxygen atoms in total. The van der Waals surface area contributed by atoms with Crippen molar-refractivity contribution in [2.24, 2.45) is 0 Å². The zero-order valence-electron chi connectivity index (χ0n) is 13.1. The van der Waals surface area contributed by atoms with Crippen LogP contribution in [0.15, 0.2) is 36.4 Å². The Balaban J connectivity index is 2.71. The zero-order chi connectivity index (χ0) is 16.6. The molecule has 1 aromatic rings. The summed E-state index contributed by atoms with van der Waals surface area (Å²) in [4.78, 5) is 22.6. The van der Waals surface area contributed by atoms with Gasteiger partial charge in [-0.1, -0.05) is 17.9 Å². The predicted octanol–water partition coefficient (Wildman–Crippen LogP) is 3.11. The minimum atomic E-state index is -0.555. The van der Waals surface area contributed by atoms with Crippen LogP contribution in [-0.2, 0) is 14.3 Å². The number of hydrogen-bond acceptors (Lipinski definition) is 4. The third kappa shape index (κ3) is 7.15. The van der Waals surface area contributed by atoms with E-state index in [1.807, 2.05) is 0 Å². The third-order valence-corrected chi connectivity index (χ3v) is 2.23. The van der Waals surface area contributed by atoms with Crippen molar-refractivity contribution in [2.75, 3.05) is 12.4 Å². The standard InChI is InChI=1S/C17H19NO4/c1-17(2,3)22-16(20)18-14-10-7-9-13(12-14)8-5-6-11-15(19)21-4/h6-7,9-12H,1-4H3,(H,18,20)/b11-6+. The summed E-state index contributed by atoms with van der Waals surface area (Å²) in [6.07, 6.45) is 2.11. The van der Waals surface area contributed by atoms with Crippen molar-refractivity contribution in [2.45, 2.75) is 26.4 Å². The number of anilines is 1. The van der Waals surface area contributed by atoms with Gasteiger partial charge in [-0.25, -0.2) is 9.59 Å². The highest BCUT2D eigenvalue weighted by molar-refractivity contribution is 5.85. The van der Waals surface area contributed by atoms with E-state index in [4.69, 9.17) is 4.74 Å². The molecule has 5 heteroatoms. The lowest BCUT2D eigenvalue weighted by molar-refractivity contribution is -0.134. The first-order valence-electron chi connectivity index (χ1n) is 6.66. The van der Waals surface area contributed by atoms with E-state index in [1.165, 1.54) is 19.3 Å². The molecular formula is C17H19NO4. The number of benzene rings is 1. The molecule has 0 spiro atoms. The first kappa shape index (κ1) is 17.3. The minimum Gasteiger partial charge on any atom is -0.466 e. The Kier molecular flexibility index (Phi) is 6.21. The molecule has 0 fully saturated rings. The first-order valence-corrected chi connectivity index (χ1v) is 6.66. The highest BCUT2D eigenvalue weighted by Gasteiger charge is 2.16. The van der Waals surface area contributed by atoms with E-state index in [2.05, 4.69) is 21.9 Å². The molecule has 0 heterocycles. The lowest BCUT2D eigenvalue weighted by atomic mass is 10.2. The third-order valence-electron chi connectivity index (χ3n) is 2.23. The van der Waals surface area contributed by atoms with Crippen LogP contribution in [0.25, 0.3) is 0 Å². The molecule has 1 N–H and O–H groups in total. The van der Waals surface area contributed by atoms with Crippen LogP contribution in [0.3, 0.4) is 0 Å². The van der Waals surface area contributed by atoms with Crippen molar-refractivity contribution in [3.8, 4) is 11.8 Å². The highest BCUT2D eigenvalue weighted by Crippen LogP contribution is 2.13. The number of ether oxygens (including phenoxy) is 2. The van der Waals surface area contributed by atoms with Crippen molar-refractivity contribution in [3.63, 3.8) is 0 Å². The number of allylic oxidation sites excluding steroid dienone is 1. The Morgan fingerprint density at radius 1 is 1.27 bits per heavy atom. The summed E-state index contributed by atoms with van der Waals surface area (Å²) in [5, 5.41) is 2.64. The number of nitrogens with one attached hydrogen (secondary N) is 1. The number of rotatable bonds is 2. The van der Waals surface area contributed by atoms with Crippen LogP contribution in [-0.4, -0.2) is 24.8 Å². The molecule has 0 aliphatic rings. The summed E-state index contributed by atoms with van der Waals surface area (Å²) in [5.41, 5.74) is 0.723. The van der Waals surface area contributed by atoms with Gasteiger partial charge in [0.25, 0.3) is 0 Å². The molecule has 0 atom stereocenters. The molecule has 116 valence electrons. The van der Waals surface area contributed by atoms with Gasteiger partial charge in [-0.15, -0.1) is 0 Å². The fraction of sp³-hybridized carbons (Fsp3) is 0.294. The fourth-order valence-corrected chi connectivity index (χ4v) is 1.40. The molecule has 0 saturated heterocycles. The summed E-state index contributed by atoms with van der Waals surface area (Å²) in [5.74, 6) is 5.10. The van der Waals surface area contributed by atoms with E-state index in [1.54, 1.807) is 45.0 Å². The van der Waals surface area contributed by atoms with E-state index in [0.717, 1.165) is 0 Å². The molecule has 1 amide bonds. The van der Waals surface area contributed by atoms with Gasteiger partial charge in [0.15, 0.2) is 0 Å². The van der Waals surface area contributed by atoms with Gasteiger partial charge in [0.05, 0.1) is 7.11 Å². The summed E-state index contributed by atoms with van der Waals surface area (Å²) in [7, 11) is 1.30. The molecule has 0 aromatic heterocycles. The van der Waals surface area contributed by atoms with E-state index < -0.39 is 17.7 Å². The molecular weight excluding hydrogens is 282 g/mol. The lowest BCUT2D eigenvalue weighted by Gasteiger charge is -2.19. The number of methoxy groups -OCH3 is 1. The van der Waals surface area contributed by atoms with Crippen molar-refractivity contribution >= 4 is 17.7 Å². The van der Waals surface area contributed by atoms with Crippen LogP contribution >= 0.6 is 0 Å². The van der Waals surface area contributed by atoms with Gasteiger partial charge in [0, 0.05) is 17.3 Å². The fourth-order valence-electron chi connectivity index (χ4n) is 1.40. The number of carbonyl (C=O) groups is 2. The average Bonchev–Trinajstić information content (AvgIpc) is 2.41. The zero-order valence-corrected chi connectivity index (χ0v) is 13.1. The maximum absolute atomic E-state index is 11.7. The number of hydrogen-bond donors (Lipinski definition) is 1. The molecule has 0 unspecified atom stereocenters. The Bertz CT molecular complexity index is 630. The normalized spacial score (nSPS) is 10.5. The largest absolute Gasteiger partial charge is 0.466 e. The van der Waals surface area contributed by atoms with Crippen LogP contribution in [0, 0.1) is 11.8 Å². The van der Waals surface area contributed by atoms with Crippen molar-refractivity contribution in [1.29, 1.82) is 0 Å². The van der Waals surface area contributed by atoms with Gasteiger partial charge < -0.3 is 9.47 Å². The number of carbonyl (C=O) groups excluding carboxylic acids is 2. The maximum Gasteiger partial charge on any atom is 0.412 e. The Labute approximate surface area is 130 Å². The number of amides is 1. The molecule has 0 aliphatic heterocycles. The van der Waals surface area contributed by atoms with Crippen LogP contribution < -0.4 is 5.32 Å². The average molecular weight is 301 g/mol.